The Labute approximate surface area is 81.9 Å². The van der Waals surface area contributed by atoms with Gasteiger partial charge < -0.3 is 9.88 Å². The number of rotatable bonds is 1. The third-order valence-corrected chi connectivity index (χ3v) is 3.77. The van der Waals surface area contributed by atoms with Gasteiger partial charge in [-0.25, -0.2) is 4.98 Å². The predicted octanol–water partition coefficient (Wildman–Crippen LogP) is 1.07. The van der Waals surface area contributed by atoms with Crippen molar-refractivity contribution in [3.8, 4) is 0 Å². The minimum Gasteiger partial charge on any atom is -0.325 e. The molecule has 0 aliphatic carbocycles. The van der Waals surface area contributed by atoms with Crippen LogP contribution in [0, 0.1) is 0 Å². The maximum Gasteiger partial charge on any atom is 0.168 e. The van der Waals surface area contributed by atoms with Crippen LogP contribution in [-0.2, 0) is 6.54 Å². The Morgan fingerprint density at radius 3 is 3.38 bits per heavy atom. The second-order valence-electron chi connectivity index (χ2n) is 3.68. The van der Waals surface area contributed by atoms with Crippen molar-refractivity contribution in [3.63, 3.8) is 0 Å². The smallest absolute Gasteiger partial charge is 0.168 e. The maximum atomic E-state index is 4.66. The number of hydrogen-bond acceptors (Lipinski definition) is 3. The zero-order valence-corrected chi connectivity index (χ0v) is 8.31. The molecule has 1 saturated heterocycles. The number of nitrogens with one attached hydrogen (secondary N) is 1. The van der Waals surface area contributed by atoms with Gasteiger partial charge in [-0.05, 0) is 13.0 Å². The van der Waals surface area contributed by atoms with Crippen molar-refractivity contribution in [2.75, 3.05) is 18.8 Å². The standard InChI is InChI=1S/C9H13N3S/c1-2-10-5-7(1)8-6-12-3-4-13-9(12)11-8/h6-7,10H,1-5H2. The Hall–Kier alpha value is -0.480. The fourth-order valence-electron chi connectivity index (χ4n) is 2.03. The van der Waals surface area contributed by atoms with Gasteiger partial charge in [-0.3, -0.25) is 0 Å². The molecule has 3 rings (SSSR count). The largest absolute Gasteiger partial charge is 0.325 e. The van der Waals surface area contributed by atoms with Crippen LogP contribution in [0.3, 0.4) is 0 Å². The van der Waals surface area contributed by atoms with Crippen molar-refractivity contribution in [1.82, 2.24) is 14.9 Å². The van der Waals surface area contributed by atoms with Crippen LogP contribution in [0.15, 0.2) is 11.4 Å². The van der Waals surface area contributed by atoms with Gasteiger partial charge in [0.05, 0.1) is 5.69 Å². The molecule has 3 nitrogen and oxygen atoms in total. The first kappa shape index (κ1) is 7.88. The molecular formula is C9H13N3S. The first-order chi connectivity index (χ1) is 6.43. The zero-order valence-electron chi connectivity index (χ0n) is 7.49. The van der Waals surface area contributed by atoms with Crippen LogP contribution >= 0.6 is 11.8 Å². The lowest BCUT2D eigenvalue weighted by Crippen LogP contribution is -2.08. The number of hydrogen-bond donors (Lipinski definition) is 1. The van der Waals surface area contributed by atoms with Crippen LogP contribution in [0.1, 0.15) is 18.0 Å². The molecule has 2 aliphatic heterocycles. The van der Waals surface area contributed by atoms with E-state index < -0.39 is 0 Å². The first-order valence-electron chi connectivity index (χ1n) is 4.84. The van der Waals surface area contributed by atoms with Crippen molar-refractivity contribution < 1.29 is 0 Å². The summed E-state index contributed by atoms with van der Waals surface area (Å²) in [5.41, 5.74) is 1.30. The molecule has 0 aromatic carbocycles. The molecular weight excluding hydrogens is 182 g/mol. The van der Waals surface area contributed by atoms with Crippen LogP contribution in [0.5, 0.6) is 0 Å². The van der Waals surface area contributed by atoms with Crippen LogP contribution in [0.25, 0.3) is 0 Å². The lowest BCUT2D eigenvalue weighted by molar-refractivity contribution is 0.719. The number of thioether (sulfide) groups is 1. The summed E-state index contributed by atoms with van der Waals surface area (Å²) >= 11 is 1.88. The number of nitrogens with zero attached hydrogens (tertiary/aromatic N) is 2. The molecule has 1 atom stereocenters. The Kier molecular flexibility index (Phi) is 1.84. The maximum absolute atomic E-state index is 4.66. The minimum absolute atomic E-state index is 0.665. The molecule has 0 saturated carbocycles. The van der Waals surface area contributed by atoms with E-state index in [0.29, 0.717) is 5.92 Å². The molecule has 4 heteroatoms. The highest BCUT2D eigenvalue weighted by atomic mass is 32.2. The summed E-state index contributed by atoms with van der Waals surface area (Å²) < 4.78 is 2.29. The van der Waals surface area contributed by atoms with Gasteiger partial charge in [0.2, 0.25) is 0 Å². The Morgan fingerprint density at radius 1 is 1.62 bits per heavy atom. The normalized spacial score (nSPS) is 26.6. The van der Waals surface area contributed by atoms with E-state index in [1.165, 1.54) is 23.0 Å². The van der Waals surface area contributed by atoms with Crippen molar-refractivity contribution >= 4 is 11.8 Å². The first-order valence-corrected chi connectivity index (χ1v) is 5.82. The number of aryl methyl sites for hydroxylation is 1. The van der Waals surface area contributed by atoms with Crippen molar-refractivity contribution in [2.45, 2.75) is 24.0 Å². The summed E-state index contributed by atoms with van der Waals surface area (Å²) in [7, 11) is 0. The van der Waals surface area contributed by atoms with Gasteiger partial charge >= 0.3 is 0 Å². The minimum atomic E-state index is 0.665. The third kappa shape index (κ3) is 1.28. The second-order valence-corrected chi connectivity index (χ2v) is 4.74. The lowest BCUT2D eigenvalue weighted by Gasteiger charge is -2.02. The van der Waals surface area contributed by atoms with Crippen LogP contribution in [0.2, 0.25) is 0 Å². The summed E-state index contributed by atoms with van der Waals surface area (Å²) in [6.07, 6.45) is 3.49. The van der Waals surface area contributed by atoms with E-state index in [9.17, 15) is 0 Å². The Balaban J connectivity index is 1.88. The molecule has 13 heavy (non-hydrogen) atoms. The molecule has 0 radical (unpaired) electrons. The highest BCUT2D eigenvalue weighted by Crippen LogP contribution is 2.29. The van der Waals surface area contributed by atoms with Crippen molar-refractivity contribution in [3.05, 3.63) is 11.9 Å². The molecule has 1 fully saturated rings. The quantitative estimate of drug-likeness (QED) is 0.727. The van der Waals surface area contributed by atoms with Gasteiger partial charge in [-0.2, -0.15) is 0 Å². The number of aromatic nitrogens is 2. The summed E-state index contributed by atoms with van der Waals surface area (Å²) in [6.45, 7) is 3.41. The van der Waals surface area contributed by atoms with E-state index in [-0.39, 0.29) is 0 Å². The van der Waals surface area contributed by atoms with E-state index in [2.05, 4.69) is 21.1 Å². The van der Waals surface area contributed by atoms with E-state index in [1.54, 1.807) is 0 Å². The van der Waals surface area contributed by atoms with Crippen LogP contribution < -0.4 is 5.32 Å². The average molecular weight is 195 g/mol. The second kappa shape index (κ2) is 3.03. The van der Waals surface area contributed by atoms with E-state index >= 15 is 0 Å². The van der Waals surface area contributed by atoms with Gasteiger partial charge in [-0.15, -0.1) is 0 Å². The topological polar surface area (TPSA) is 29.9 Å². The SMILES string of the molecule is c1c(C2CCNC2)nc2n1CCS2. The van der Waals surface area contributed by atoms with E-state index in [4.69, 9.17) is 0 Å². The van der Waals surface area contributed by atoms with Crippen molar-refractivity contribution in [1.29, 1.82) is 0 Å². The molecule has 1 aromatic heterocycles. The summed E-state index contributed by atoms with van der Waals surface area (Å²) in [5.74, 6) is 1.87. The summed E-state index contributed by atoms with van der Waals surface area (Å²) in [6, 6.07) is 0. The Morgan fingerprint density at radius 2 is 2.62 bits per heavy atom. The molecule has 1 unspecified atom stereocenters. The number of imidazole rings is 1. The highest BCUT2D eigenvalue weighted by Gasteiger charge is 2.22. The fraction of sp³-hybridized carbons (Fsp3) is 0.667. The molecule has 1 N–H and O–H groups in total. The highest BCUT2D eigenvalue weighted by molar-refractivity contribution is 7.99. The van der Waals surface area contributed by atoms with Gasteiger partial charge in [-0.1, -0.05) is 11.8 Å². The van der Waals surface area contributed by atoms with Gasteiger partial charge in [0.1, 0.15) is 0 Å². The van der Waals surface area contributed by atoms with E-state index in [1.807, 2.05) is 11.8 Å². The molecule has 0 spiro atoms. The predicted molar refractivity (Wildman–Crippen MR) is 53.2 cm³/mol. The number of fused-ring (bicyclic) bond motifs is 1. The molecule has 3 heterocycles. The van der Waals surface area contributed by atoms with E-state index in [0.717, 1.165) is 19.6 Å². The lowest BCUT2D eigenvalue weighted by atomic mass is 10.1. The summed E-state index contributed by atoms with van der Waals surface area (Å²) in [4.78, 5) is 4.66. The van der Waals surface area contributed by atoms with Gasteiger partial charge in [0.15, 0.2) is 5.16 Å². The molecule has 70 valence electrons. The summed E-state index contributed by atoms with van der Waals surface area (Å²) in [5, 5.41) is 4.60. The van der Waals surface area contributed by atoms with Gasteiger partial charge in [0, 0.05) is 31.0 Å². The fourth-order valence-corrected chi connectivity index (χ4v) is 2.98. The monoisotopic (exact) mass is 195 g/mol. The molecule has 0 amide bonds. The van der Waals surface area contributed by atoms with Crippen LogP contribution in [-0.4, -0.2) is 28.4 Å². The zero-order chi connectivity index (χ0) is 8.67. The average Bonchev–Trinajstić information content (AvgIpc) is 2.78. The molecule has 2 aliphatic rings. The molecule has 1 aromatic rings. The Bertz CT molecular complexity index is 293. The third-order valence-electron chi connectivity index (χ3n) is 2.80. The van der Waals surface area contributed by atoms with Gasteiger partial charge in [0.25, 0.3) is 0 Å². The van der Waals surface area contributed by atoms with Crippen molar-refractivity contribution in [2.24, 2.45) is 0 Å². The van der Waals surface area contributed by atoms with Crippen LogP contribution in [0.4, 0.5) is 0 Å². The molecule has 0 bridgehead atoms.